The van der Waals surface area contributed by atoms with Gasteiger partial charge in [0.2, 0.25) is 0 Å². The third-order valence-corrected chi connectivity index (χ3v) is 3.64. The van der Waals surface area contributed by atoms with Crippen LogP contribution in [0.5, 0.6) is 0 Å². The zero-order valence-electron chi connectivity index (χ0n) is 12.5. The Balaban J connectivity index is 2.08. The van der Waals surface area contributed by atoms with Gasteiger partial charge in [-0.15, -0.1) is 0 Å². The Morgan fingerprint density at radius 2 is 1.81 bits per heavy atom. The molecule has 0 aliphatic rings. The van der Waals surface area contributed by atoms with Crippen molar-refractivity contribution in [3.63, 3.8) is 0 Å². The van der Waals surface area contributed by atoms with E-state index in [9.17, 15) is 4.79 Å². The summed E-state index contributed by atoms with van der Waals surface area (Å²) < 4.78 is 0. The number of hydrogen-bond donors (Lipinski definition) is 0. The number of benzene rings is 2. The fourth-order valence-corrected chi connectivity index (χ4v) is 2.43. The van der Waals surface area contributed by atoms with Crippen molar-refractivity contribution in [1.29, 1.82) is 0 Å². The van der Waals surface area contributed by atoms with Gasteiger partial charge in [-0.3, -0.25) is 4.79 Å². The molecule has 0 spiro atoms. The monoisotopic (exact) mass is 301 g/mol. The van der Waals surface area contributed by atoms with Crippen molar-refractivity contribution in [2.24, 2.45) is 0 Å². The Morgan fingerprint density at radius 1 is 1.10 bits per heavy atom. The van der Waals surface area contributed by atoms with Crippen LogP contribution in [-0.4, -0.2) is 17.9 Å². The molecule has 110 valence electrons. The molecule has 0 saturated carbocycles. The minimum atomic E-state index is 0.0444. The summed E-state index contributed by atoms with van der Waals surface area (Å²) >= 11 is 5.87. The zero-order chi connectivity index (χ0) is 15.2. The number of rotatable bonds is 5. The highest BCUT2D eigenvalue weighted by Crippen LogP contribution is 2.14. The number of amides is 1. The average molecular weight is 302 g/mol. The maximum Gasteiger partial charge on any atom is 0.253 e. The normalized spacial score (nSPS) is 10.4. The SMILES string of the molecule is CCCc1cccc(C(=O)N(C)Cc2ccc(Cl)cc2)c1. The van der Waals surface area contributed by atoms with Crippen LogP contribution >= 0.6 is 11.6 Å². The van der Waals surface area contributed by atoms with E-state index in [0.717, 1.165) is 24.0 Å². The van der Waals surface area contributed by atoms with Crippen LogP contribution in [0.3, 0.4) is 0 Å². The lowest BCUT2D eigenvalue weighted by atomic mass is 10.1. The van der Waals surface area contributed by atoms with E-state index in [1.54, 1.807) is 4.90 Å². The molecule has 0 atom stereocenters. The van der Waals surface area contributed by atoms with Gasteiger partial charge in [0.1, 0.15) is 0 Å². The second-order valence-electron chi connectivity index (χ2n) is 5.24. The largest absolute Gasteiger partial charge is 0.337 e. The number of aryl methyl sites for hydroxylation is 1. The maximum atomic E-state index is 12.5. The topological polar surface area (TPSA) is 20.3 Å². The smallest absolute Gasteiger partial charge is 0.253 e. The third kappa shape index (κ3) is 4.33. The van der Waals surface area contributed by atoms with Crippen LogP contribution in [0.1, 0.15) is 34.8 Å². The molecule has 0 N–H and O–H groups in total. The summed E-state index contributed by atoms with van der Waals surface area (Å²) in [4.78, 5) is 14.2. The van der Waals surface area contributed by atoms with Gasteiger partial charge in [-0.05, 0) is 41.8 Å². The molecule has 0 aliphatic heterocycles. The number of nitrogens with zero attached hydrogens (tertiary/aromatic N) is 1. The first-order valence-electron chi connectivity index (χ1n) is 7.19. The Morgan fingerprint density at radius 3 is 2.48 bits per heavy atom. The average Bonchev–Trinajstić information content (AvgIpc) is 2.49. The summed E-state index contributed by atoms with van der Waals surface area (Å²) in [6.45, 7) is 2.72. The number of hydrogen-bond acceptors (Lipinski definition) is 1. The molecule has 0 aromatic heterocycles. The van der Waals surface area contributed by atoms with Gasteiger partial charge in [0.05, 0.1) is 0 Å². The molecule has 21 heavy (non-hydrogen) atoms. The van der Waals surface area contributed by atoms with Crippen LogP contribution in [0.15, 0.2) is 48.5 Å². The van der Waals surface area contributed by atoms with E-state index in [1.165, 1.54) is 5.56 Å². The van der Waals surface area contributed by atoms with Crippen LogP contribution < -0.4 is 0 Å². The van der Waals surface area contributed by atoms with Gasteiger partial charge in [-0.2, -0.15) is 0 Å². The highest BCUT2D eigenvalue weighted by atomic mass is 35.5. The van der Waals surface area contributed by atoms with Crippen LogP contribution in [-0.2, 0) is 13.0 Å². The molecule has 0 bridgehead atoms. The van der Waals surface area contributed by atoms with Crippen molar-refractivity contribution in [2.75, 3.05) is 7.05 Å². The molecular weight excluding hydrogens is 282 g/mol. The van der Waals surface area contributed by atoms with Gasteiger partial charge >= 0.3 is 0 Å². The Kier molecular flexibility index (Phi) is 5.40. The molecule has 0 aliphatic carbocycles. The highest BCUT2D eigenvalue weighted by Gasteiger charge is 2.12. The van der Waals surface area contributed by atoms with Crippen molar-refractivity contribution in [2.45, 2.75) is 26.3 Å². The number of halogens is 1. The summed E-state index contributed by atoms with van der Waals surface area (Å²) in [6, 6.07) is 15.5. The third-order valence-electron chi connectivity index (χ3n) is 3.39. The molecule has 3 heteroatoms. The van der Waals surface area contributed by atoms with E-state index >= 15 is 0 Å². The van der Waals surface area contributed by atoms with Crippen LogP contribution in [0.4, 0.5) is 0 Å². The molecule has 2 aromatic carbocycles. The van der Waals surface area contributed by atoms with Crippen LogP contribution in [0.25, 0.3) is 0 Å². The van der Waals surface area contributed by atoms with E-state index in [1.807, 2.05) is 49.5 Å². The standard InChI is InChI=1S/C18H20ClNO/c1-3-5-14-6-4-7-16(12-14)18(21)20(2)13-15-8-10-17(19)11-9-15/h4,6-12H,3,5,13H2,1-2H3. The predicted molar refractivity (Wildman–Crippen MR) is 87.7 cm³/mol. The van der Waals surface area contributed by atoms with Crippen molar-refractivity contribution in [3.8, 4) is 0 Å². The fraction of sp³-hybridized carbons (Fsp3) is 0.278. The quantitative estimate of drug-likeness (QED) is 0.792. The molecule has 2 aromatic rings. The van der Waals surface area contributed by atoms with Gasteiger partial charge in [0.15, 0.2) is 0 Å². The van der Waals surface area contributed by atoms with Gasteiger partial charge in [0.25, 0.3) is 5.91 Å². The molecule has 2 nitrogen and oxygen atoms in total. The minimum Gasteiger partial charge on any atom is -0.337 e. The highest BCUT2D eigenvalue weighted by molar-refractivity contribution is 6.30. The Hall–Kier alpha value is -1.80. The number of carbonyl (C=O) groups excluding carboxylic acids is 1. The first kappa shape index (κ1) is 15.6. The van der Waals surface area contributed by atoms with E-state index in [0.29, 0.717) is 11.6 Å². The second kappa shape index (κ2) is 7.28. The van der Waals surface area contributed by atoms with E-state index in [-0.39, 0.29) is 5.91 Å². The van der Waals surface area contributed by atoms with Crippen LogP contribution in [0, 0.1) is 0 Å². The lowest BCUT2D eigenvalue weighted by Crippen LogP contribution is -2.26. The molecule has 0 radical (unpaired) electrons. The summed E-state index contributed by atoms with van der Waals surface area (Å²) in [7, 11) is 1.82. The minimum absolute atomic E-state index is 0.0444. The second-order valence-corrected chi connectivity index (χ2v) is 5.67. The van der Waals surface area contributed by atoms with Gasteiger partial charge in [-0.25, -0.2) is 0 Å². The molecule has 0 unspecified atom stereocenters. The predicted octanol–water partition coefficient (Wildman–Crippen LogP) is 4.56. The molecule has 0 saturated heterocycles. The van der Waals surface area contributed by atoms with E-state index in [4.69, 9.17) is 11.6 Å². The fourth-order valence-electron chi connectivity index (χ4n) is 2.30. The molecule has 2 rings (SSSR count). The van der Waals surface area contributed by atoms with Crippen molar-refractivity contribution in [1.82, 2.24) is 4.90 Å². The molecule has 0 heterocycles. The molecular formula is C18H20ClNO. The van der Waals surface area contributed by atoms with Gasteiger partial charge < -0.3 is 4.90 Å². The van der Waals surface area contributed by atoms with E-state index in [2.05, 4.69) is 13.0 Å². The Bertz CT molecular complexity index is 607. The van der Waals surface area contributed by atoms with Crippen LogP contribution in [0.2, 0.25) is 5.02 Å². The van der Waals surface area contributed by atoms with Crippen molar-refractivity contribution in [3.05, 3.63) is 70.2 Å². The summed E-state index contributed by atoms with van der Waals surface area (Å²) in [5, 5.41) is 0.708. The summed E-state index contributed by atoms with van der Waals surface area (Å²) in [6.07, 6.45) is 2.08. The summed E-state index contributed by atoms with van der Waals surface area (Å²) in [5.74, 6) is 0.0444. The number of carbonyl (C=O) groups is 1. The first-order chi connectivity index (χ1) is 10.1. The van der Waals surface area contributed by atoms with E-state index < -0.39 is 0 Å². The van der Waals surface area contributed by atoms with Gasteiger partial charge in [0, 0.05) is 24.2 Å². The zero-order valence-corrected chi connectivity index (χ0v) is 13.2. The molecule has 0 fully saturated rings. The van der Waals surface area contributed by atoms with Crippen molar-refractivity contribution < 1.29 is 4.79 Å². The Labute approximate surface area is 131 Å². The maximum absolute atomic E-state index is 12.5. The summed E-state index contributed by atoms with van der Waals surface area (Å²) in [5.41, 5.74) is 3.03. The first-order valence-corrected chi connectivity index (χ1v) is 7.57. The molecule has 1 amide bonds. The lowest BCUT2D eigenvalue weighted by Gasteiger charge is -2.18. The lowest BCUT2D eigenvalue weighted by molar-refractivity contribution is 0.0785. The van der Waals surface area contributed by atoms with Gasteiger partial charge in [-0.1, -0.05) is 49.2 Å². The van der Waals surface area contributed by atoms with Crippen molar-refractivity contribution >= 4 is 17.5 Å².